The lowest BCUT2D eigenvalue weighted by atomic mass is 10.1. The minimum Gasteiger partial charge on any atom is -0.454 e. The third-order valence-electron chi connectivity index (χ3n) is 3.77. The van der Waals surface area contributed by atoms with Crippen molar-refractivity contribution in [2.45, 2.75) is 17.9 Å². The van der Waals surface area contributed by atoms with Crippen LogP contribution in [-0.2, 0) is 9.53 Å². The lowest BCUT2D eigenvalue weighted by molar-refractivity contribution is -0.143. The monoisotopic (exact) mass is 375 g/mol. The summed E-state index contributed by atoms with van der Waals surface area (Å²) in [5, 5.41) is 0.747. The van der Waals surface area contributed by atoms with E-state index in [1.54, 1.807) is 12.3 Å². The summed E-state index contributed by atoms with van der Waals surface area (Å²) in [6, 6.07) is 10.3. The highest BCUT2D eigenvalue weighted by molar-refractivity contribution is 8.00. The molecule has 2 aromatic carbocycles. The van der Waals surface area contributed by atoms with Crippen molar-refractivity contribution in [2.75, 3.05) is 5.75 Å². The molecule has 0 radical (unpaired) electrons. The lowest BCUT2D eigenvalue weighted by Crippen LogP contribution is -2.25. The predicted molar refractivity (Wildman–Crippen MR) is 95.3 cm³/mol. The predicted octanol–water partition coefficient (Wildman–Crippen LogP) is 4.35. The van der Waals surface area contributed by atoms with Gasteiger partial charge < -0.3 is 9.72 Å². The number of hydrogen-bond acceptors (Lipinski definition) is 4. The average Bonchev–Trinajstić information content (AvgIpc) is 3.05. The number of benzene rings is 2. The second-order valence-electron chi connectivity index (χ2n) is 5.61. The summed E-state index contributed by atoms with van der Waals surface area (Å²) >= 11 is 0.816. The van der Waals surface area contributed by atoms with Crippen molar-refractivity contribution in [3.63, 3.8) is 0 Å². The Morgan fingerprint density at radius 1 is 1.19 bits per heavy atom. The normalized spacial score (nSPS) is 12.1. The highest BCUT2D eigenvalue weighted by atomic mass is 32.2. The molecule has 3 rings (SSSR count). The van der Waals surface area contributed by atoms with Crippen LogP contribution in [0.3, 0.4) is 0 Å². The molecule has 0 aliphatic heterocycles. The van der Waals surface area contributed by atoms with Crippen molar-refractivity contribution in [1.82, 2.24) is 4.98 Å². The number of carbonyl (C=O) groups excluding carboxylic acids is 2. The van der Waals surface area contributed by atoms with Gasteiger partial charge in [0.25, 0.3) is 0 Å². The van der Waals surface area contributed by atoms with Gasteiger partial charge in [0.2, 0.25) is 5.78 Å². The van der Waals surface area contributed by atoms with Gasteiger partial charge in [-0.05, 0) is 31.2 Å². The summed E-state index contributed by atoms with van der Waals surface area (Å²) in [5.74, 6) is -2.46. The Kier molecular flexibility index (Phi) is 5.37. The summed E-state index contributed by atoms with van der Waals surface area (Å²) in [7, 11) is 0. The van der Waals surface area contributed by atoms with Gasteiger partial charge in [0.05, 0.1) is 5.75 Å². The second kappa shape index (κ2) is 7.70. The molecule has 0 bridgehead atoms. The van der Waals surface area contributed by atoms with Crippen LogP contribution < -0.4 is 0 Å². The van der Waals surface area contributed by atoms with Gasteiger partial charge in [0.1, 0.15) is 11.6 Å². The Balaban J connectivity index is 1.62. The van der Waals surface area contributed by atoms with Gasteiger partial charge >= 0.3 is 5.97 Å². The largest absolute Gasteiger partial charge is 0.454 e. The van der Waals surface area contributed by atoms with Crippen LogP contribution in [0.25, 0.3) is 10.9 Å². The molecule has 134 valence electrons. The molecule has 0 unspecified atom stereocenters. The summed E-state index contributed by atoms with van der Waals surface area (Å²) in [4.78, 5) is 27.5. The van der Waals surface area contributed by atoms with Gasteiger partial charge in [-0.15, -0.1) is 11.8 Å². The molecule has 4 nitrogen and oxygen atoms in total. The number of thioether (sulfide) groups is 1. The molecule has 0 saturated heterocycles. The lowest BCUT2D eigenvalue weighted by Gasteiger charge is -2.12. The highest BCUT2D eigenvalue weighted by Gasteiger charge is 2.22. The van der Waals surface area contributed by atoms with Crippen molar-refractivity contribution < 1.29 is 23.1 Å². The molecule has 7 heteroatoms. The summed E-state index contributed by atoms with van der Waals surface area (Å²) in [6.07, 6.45) is 0.591. The van der Waals surface area contributed by atoms with Crippen LogP contribution in [-0.4, -0.2) is 28.6 Å². The van der Waals surface area contributed by atoms with Gasteiger partial charge in [-0.2, -0.15) is 0 Å². The molecule has 0 aliphatic rings. The fourth-order valence-corrected chi connectivity index (χ4v) is 3.25. The molecule has 1 aromatic heterocycles. The summed E-state index contributed by atoms with van der Waals surface area (Å²) in [6.45, 7) is 1.48. The Morgan fingerprint density at radius 3 is 2.77 bits per heavy atom. The van der Waals surface area contributed by atoms with E-state index in [0.29, 0.717) is 5.56 Å². The van der Waals surface area contributed by atoms with Crippen molar-refractivity contribution >= 4 is 34.4 Å². The van der Waals surface area contributed by atoms with Gasteiger partial charge in [0, 0.05) is 27.6 Å². The van der Waals surface area contributed by atoms with Gasteiger partial charge in [-0.25, -0.2) is 8.78 Å². The molecular weight excluding hydrogens is 360 g/mol. The quantitative estimate of drug-likeness (QED) is 0.395. The fraction of sp³-hybridized carbons (Fsp3) is 0.158. The molecule has 0 aliphatic carbocycles. The first kappa shape index (κ1) is 18.1. The molecule has 1 atom stereocenters. The number of ketones is 1. The van der Waals surface area contributed by atoms with Crippen molar-refractivity contribution in [3.8, 4) is 0 Å². The van der Waals surface area contributed by atoms with Crippen LogP contribution in [0.1, 0.15) is 17.3 Å². The van der Waals surface area contributed by atoms with E-state index in [0.717, 1.165) is 40.9 Å². The van der Waals surface area contributed by atoms with Crippen LogP contribution in [0, 0.1) is 11.6 Å². The van der Waals surface area contributed by atoms with Crippen molar-refractivity contribution in [1.29, 1.82) is 0 Å². The summed E-state index contributed by atoms with van der Waals surface area (Å²) in [5.41, 5.74) is 1.25. The standard InChI is InChI=1S/C19H15F2NO3S/c1-11(19(24)14-9-22-16-5-3-2-4-13(14)16)25-18(23)10-26-17-8-12(20)6-7-15(17)21/h2-9,11,22H,10H2,1H3/t11-/m1/s1. The number of H-pyrrole nitrogens is 1. The zero-order valence-corrected chi connectivity index (χ0v) is 14.6. The van der Waals surface area contributed by atoms with E-state index in [4.69, 9.17) is 4.74 Å². The van der Waals surface area contributed by atoms with E-state index < -0.39 is 23.7 Å². The number of rotatable bonds is 6. The van der Waals surface area contributed by atoms with E-state index >= 15 is 0 Å². The Morgan fingerprint density at radius 2 is 1.96 bits per heavy atom. The van der Waals surface area contributed by atoms with E-state index in [9.17, 15) is 18.4 Å². The third-order valence-corrected chi connectivity index (χ3v) is 4.77. The molecule has 1 heterocycles. The van der Waals surface area contributed by atoms with E-state index in [2.05, 4.69) is 4.98 Å². The molecule has 0 fully saturated rings. The van der Waals surface area contributed by atoms with Gasteiger partial charge in [0.15, 0.2) is 6.10 Å². The average molecular weight is 375 g/mol. The number of hydrogen-bond donors (Lipinski definition) is 1. The van der Waals surface area contributed by atoms with Crippen LogP contribution in [0.15, 0.2) is 53.6 Å². The Hall–Kier alpha value is -2.67. The number of ether oxygens (including phenoxy) is 1. The smallest absolute Gasteiger partial charge is 0.316 e. The number of aromatic nitrogens is 1. The number of esters is 1. The van der Waals surface area contributed by atoms with E-state index in [1.165, 1.54) is 6.92 Å². The Bertz CT molecular complexity index is 970. The maximum absolute atomic E-state index is 13.5. The van der Waals surface area contributed by atoms with Crippen LogP contribution in [0.2, 0.25) is 0 Å². The third kappa shape index (κ3) is 3.94. The molecule has 26 heavy (non-hydrogen) atoms. The molecule has 1 N–H and O–H groups in total. The molecule has 3 aromatic rings. The minimum absolute atomic E-state index is 0.0116. The SMILES string of the molecule is C[C@@H](OC(=O)CSc1cc(F)ccc1F)C(=O)c1c[nH]c2ccccc12. The highest BCUT2D eigenvalue weighted by Crippen LogP contribution is 2.23. The zero-order valence-electron chi connectivity index (χ0n) is 13.8. The molecular formula is C19H15F2NO3S. The van der Waals surface area contributed by atoms with Gasteiger partial charge in [-0.1, -0.05) is 18.2 Å². The molecule has 0 spiro atoms. The van der Waals surface area contributed by atoms with E-state index in [-0.39, 0.29) is 16.4 Å². The maximum Gasteiger partial charge on any atom is 0.316 e. The number of nitrogens with one attached hydrogen (secondary N) is 1. The number of carbonyl (C=O) groups is 2. The first-order chi connectivity index (χ1) is 12.5. The zero-order chi connectivity index (χ0) is 18.7. The first-order valence-electron chi connectivity index (χ1n) is 7.83. The first-order valence-corrected chi connectivity index (χ1v) is 8.82. The number of fused-ring (bicyclic) bond motifs is 1. The summed E-state index contributed by atoms with van der Waals surface area (Å²) < 4.78 is 31.8. The second-order valence-corrected chi connectivity index (χ2v) is 6.62. The minimum atomic E-state index is -0.986. The maximum atomic E-state index is 13.5. The van der Waals surface area contributed by atoms with Crippen molar-refractivity contribution in [2.24, 2.45) is 0 Å². The number of aromatic amines is 1. The van der Waals surface area contributed by atoms with Crippen LogP contribution in [0.4, 0.5) is 8.78 Å². The Labute approximate surface area is 152 Å². The molecule has 0 amide bonds. The topological polar surface area (TPSA) is 59.2 Å². The number of halogens is 2. The van der Waals surface area contributed by atoms with Crippen LogP contribution in [0.5, 0.6) is 0 Å². The molecule has 0 saturated carbocycles. The van der Waals surface area contributed by atoms with Crippen LogP contribution >= 0.6 is 11.8 Å². The van der Waals surface area contributed by atoms with Crippen molar-refractivity contribution in [3.05, 3.63) is 65.9 Å². The fourth-order valence-electron chi connectivity index (χ4n) is 2.50. The van der Waals surface area contributed by atoms with Gasteiger partial charge in [-0.3, -0.25) is 9.59 Å². The number of para-hydroxylation sites is 1. The number of Topliss-reactive ketones (excluding diaryl/α,β-unsaturated/α-hetero) is 1. The van der Waals surface area contributed by atoms with E-state index in [1.807, 2.05) is 18.2 Å².